The summed E-state index contributed by atoms with van der Waals surface area (Å²) in [5.41, 5.74) is 8.67. The van der Waals surface area contributed by atoms with Crippen molar-refractivity contribution in [1.29, 1.82) is 0 Å². The maximum absolute atomic E-state index is 12.4. The highest BCUT2D eigenvalue weighted by Gasteiger charge is 2.47. The molecule has 1 fully saturated rings. The first-order chi connectivity index (χ1) is 8.98. The molecule has 2 atom stereocenters. The van der Waals surface area contributed by atoms with E-state index in [-0.39, 0.29) is 29.3 Å². The summed E-state index contributed by atoms with van der Waals surface area (Å²) in [6.45, 7) is 4.27. The minimum absolute atomic E-state index is 0.0289. The van der Waals surface area contributed by atoms with Crippen molar-refractivity contribution >= 4 is 5.91 Å². The maximum atomic E-state index is 12.4. The van der Waals surface area contributed by atoms with E-state index in [2.05, 4.69) is 31.3 Å². The fraction of sp³-hybridized carbons (Fsp3) is 0.562. The molecular formula is C16H22N2O. The van der Waals surface area contributed by atoms with E-state index in [0.717, 1.165) is 19.3 Å². The Morgan fingerprint density at radius 1 is 1.26 bits per heavy atom. The van der Waals surface area contributed by atoms with E-state index >= 15 is 0 Å². The highest BCUT2D eigenvalue weighted by molar-refractivity contribution is 5.80. The first kappa shape index (κ1) is 12.7. The molecule has 0 saturated heterocycles. The predicted octanol–water partition coefficient (Wildman–Crippen LogP) is 1.64. The van der Waals surface area contributed by atoms with Crippen molar-refractivity contribution < 1.29 is 4.79 Å². The molecule has 0 radical (unpaired) electrons. The van der Waals surface area contributed by atoms with Crippen molar-refractivity contribution in [2.45, 2.75) is 45.2 Å². The van der Waals surface area contributed by atoms with Crippen LogP contribution in [0.4, 0.5) is 0 Å². The van der Waals surface area contributed by atoms with Gasteiger partial charge in [-0.15, -0.1) is 0 Å². The summed E-state index contributed by atoms with van der Waals surface area (Å²) in [5.74, 6) is 0.297. The number of amides is 1. The van der Waals surface area contributed by atoms with Crippen LogP contribution < -0.4 is 11.1 Å². The molecule has 3 heteroatoms. The molecule has 3 nitrogen and oxygen atoms in total. The first-order valence-electron chi connectivity index (χ1n) is 7.11. The number of rotatable bonds is 2. The Bertz CT molecular complexity index is 484. The molecule has 2 aliphatic rings. The molecular weight excluding hydrogens is 236 g/mol. The van der Waals surface area contributed by atoms with E-state index in [0.29, 0.717) is 0 Å². The number of nitrogens with two attached hydrogens (primary N) is 1. The van der Waals surface area contributed by atoms with Crippen LogP contribution in [-0.2, 0) is 17.6 Å². The highest BCUT2D eigenvalue weighted by atomic mass is 16.2. The van der Waals surface area contributed by atoms with Gasteiger partial charge in [-0.2, -0.15) is 0 Å². The van der Waals surface area contributed by atoms with E-state index in [1.165, 1.54) is 11.1 Å². The number of benzene rings is 1. The minimum Gasteiger partial charge on any atom is -0.352 e. The molecule has 2 aliphatic carbocycles. The molecule has 1 aromatic rings. The lowest BCUT2D eigenvalue weighted by Crippen LogP contribution is -2.65. The Morgan fingerprint density at radius 3 is 2.32 bits per heavy atom. The van der Waals surface area contributed by atoms with Crippen molar-refractivity contribution in [2.24, 2.45) is 17.1 Å². The average molecular weight is 258 g/mol. The Kier molecular flexibility index (Phi) is 2.90. The van der Waals surface area contributed by atoms with E-state index in [1.54, 1.807) is 0 Å². The van der Waals surface area contributed by atoms with Gasteiger partial charge in [0.05, 0.1) is 0 Å². The van der Waals surface area contributed by atoms with Gasteiger partial charge in [-0.1, -0.05) is 38.1 Å². The molecule has 0 bridgehead atoms. The van der Waals surface area contributed by atoms with Crippen LogP contribution in [0.3, 0.4) is 0 Å². The monoisotopic (exact) mass is 258 g/mol. The van der Waals surface area contributed by atoms with E-state index < -0.39 is 0 Å². The Labute approximate surface area is 114 Å². The third-order valence-corrected chi connectivity index (χ3v) is 5.08. The van der Waals surface area contributed by atoms with Gasteiger partial charge in [0.15, 0.2) is 0 Å². The van der Waals surface area contributed by atoms with Gasteiger partial charge in [0.2, 0.25) is 5.91 Å². The molecule has 0 aromatic heterocycles. The molecule has 0 spiro atoms. The summed E-state index contributed by atoms with van der Waals surface area (Å²) >= 11 is 0. The Morgan fingerprint density at radius 2 is 1.84 bits per heavy atom. The molecule has 1 amide bonds. The fourth-order valence-electron chi connectivity index (χ4n) is 3.24. The van der Waals surface area contributed by atoms with Crippen LogP contribution in [0.1, 0.15) is 31.4 Å². The summed E-state index contributed by atoms with van der Waals surface area (Å²) in [5, 5.41) is 3.19. The SMILES string of the molecule is CC1(C)C(N)CC1NC(=O)C1Cc2ccccc2C1. The average Bonchev–Trinajstić information content (AvgIpc) is 2.82. The summed E-state index contributed by atoms with van der Waals surface area (Å²) < 4.78 is 0. The largest absolute Gasteiger partial charge is 0.352 e. The molecule has 0 aliphatic heterocycles. The third-order valence-electron chi connectivity index (χ3n) is 5.08. The zero-order chi connectivity index (χ0) is 13.6. The fourth-order valence-corrected chi connectivity index (χ4v) is 3.24. The van der Waals surface area contributed by atoms with Crippen molar-refractivity contribution in [3.05, 3.63) is 35.4 Å². The van der Waals surface area contributed by atoms with Gasteiger partial charge in [0.1, 0.15) is 0 Å². The highest BCUT2D eigenvalue weighted by Crippen LogP contribution is 2.39. The third kappa shape index (κ3) is 2.06. The number of nitrogens with one attached hydrogen (secondary N) is 1. The van der Waals surface area contributed by atoms with E-state index in [1.807, 2.05) is 12.1 Å². The number of hydrogen-bond acceptors (Lipinski definition) is 2. The normalized spacial score (nSPS) is 28.6. The van der Waals surface area contributed by atoms with Crippen LogP contribution in [0.2, 0.25) is 0 Å². The van der Waals surface area contributed by atoms with Crippen molar-refractivity contribution in [1.82, 2.24) is 5.32 Å². The molecule has 19 heavy (non-hydrogen) atoms. The second-order valence-electron chi connectivity index (χ2n) is 6.60. The molecule has 102 valence electrons. The first-order valence-corrected chi connectivity index (χ1v) is 7.11. The van der Waals surface area contributed by atoms with Crippen molar-refractivity contribution in [3.63, 3.8) is 0 Å². The van der Waals surface area contributed by atoms with E-state index in [9.17, 15) is 4.79 Å². The van der Waals surface area contributed by atoms with Crippen molar-refractivity contribution in [3.8, 4) is 0 Å². The minimum atomic E-state index is 0.0289. The lowest BCUT2D eigenvalue weighted by Gasteiger charge is -2.50. The summed E-state index contributed by atoms with van der Waals surface area (Å²) in [6, 6.07) is 8.80. The Balaban J connectivity index is 1.62. The number of carbonyl (C=O) groups excluding carboxylic acids is 1. The van der Waals surface area contributed by atoms with E-state index in [4.69, 9.17) is 5.73 Å². The number of hydrogen-bond donors (Lipinski definition) is 2. The van der Waals surface area contributed by atoms with Crippen LogP contribution in [0.5, 0.6) is 0 Å². The quantitative estimate of drug-likeness (QED) is 0.847. The summed E-state index contributed by atoms with van der Waals surface area (Å²) in [7, 11) is 0. The van der Waals surface area contributed by atoms with Crippen LogP contribution in [0, 0.1) is 11.3 Å². The lowest BCUT2D eigenvalue weighted by molar-refractivity contribution is -0.128. The van der Waals surface area contributed by atoms with Crippen LogP contribution in [0.15, 0.2) is 24.3 Å². The lowest BCUT2D eigenvalue weighted by atomic mass is 9.63. The second-order valence-corrected chi connectivity index (χ2v) is 6.60. The van der Waals surface area contributed by atoms with Gasteiger partial charge >= 0.3 is 0 Å². The molecule has 2 unspecified atom stereocenters. The number of carbonyl (C=O) groups is 1. The second kappa shape index (κ2) is 4.34. The van der Waals surface area contributed by atoms with Crippen LogP contribution in [-0.4, -0.2) is 18.0 Å². The Hall–Kier alpha value is -1.35. The number of fused-ring (bicyclic) bond motifs is 1. The molecule has 3 rings (SSSR count). The summed E-state index contributed by atoms with van der Waals surface area (Å²) in [6.07, 6.45) is 2.65. The zero-order valence-electron chi connectivity index (χ0n) is 11.6. The van der Waals surface area contributed by atoms with Gasteiger partial charge < -0.3 is 11.1 Å². The molecule has 1 saturated carbocycles. The molecule has 3 N–H and O–H groups in total. The zero-order valence-corrected chi connectivity index (χ0v) is 11.6. The molecule has 1 aromatic carbocycles. The van der Waals surface area contributed by atoms with Gasteiger partial charge in [-0.3, -0.25) is 4.79 Å². The predicted molar refractivity (Wildman–Crippen MR) is 75.6 cm³/mol. The van der Waals surface area contributed by atoms with Gasteiger partial charge in [0, 0.05) is 23.4 Å². The topological polar surface area (TPSA) is 55.1 Å². The summed E-state index contributed by atoms with van der Waals surface area (Å²) in [4.78, 5) is 12.4. The van der Waals surface area contributed by atoms with Crippen molar-refractivity contribution in [2.75, 3.05) is 0 Å². The van der Waals surface area contributed by atoms with Crippen LogP contribution >= 0.6 is 0 Å². The smallest absolute Gasteiger partial charge is 0.224 e. The van der Waals surface area contributed by atoms with Gasteiger partial charge in [-0.05, 0) is 30.4 Å². The van der Waals surface area contributed by atoms with Gasteiger partial charge in [0.25, 0.3) is 0 Å². The molecule has 0 heterocycles. The van der Waals surface area contributed by atoms with Gasteiger partial charge in [-0.25, -0.2) is 0 Å². The maximum Gasteiger partial charge on any atom is 0.224 e. The standard InChI is InChI=1S/C16H22N2O/c1-16(2)13(17)9-14(16)18-15(19)12-7-10-5-3-4-6-11(10)8-12/h3-6,12-14H,7-9,17H2,1-2H3,(H,18,19). The van der Waals surface area contributed by atoms with Crippen LogP contribution in [0.25, 0.3) is 0 Å².